The molecule has 0 radical (unpaired) electrons. The molecule has 3 N–H and O–H groups in total. The van der Waals surface area contributed by atoms with Crippen molar-refractivity contribution in [2.24, 2.45) is 0 Å². The molecule has 0 unspecified atom stereocenters. The quantitative estimate of drug-likeness (QED) is 0.669. The monoisotopic (exact) mass is 226 g/mol. The zero-order valence-electron chi connectivity index (χ0n) is 9.04. The zero-order chi connectivity index (χ0) is 12.8. The number of Topliss-reactive ketones (excluding diaryl/α,β-unsaturated/α-hetero) is 1. The number of carbonyl (C=O) groups is 2. The third-order valence-corrected chi connectivity index (χ3v) is 1.59. The molecule has 5 heteroatoms. The molecule has 16 heavy (non-hydrogen) atoms. The Morgan fingerprint density at radius 1 is 1.06 bits per heavy atom. The molecule has 0 aliphatic rings. The van der Waals surface area contributed by atoms with Crippen LogP contribution in [0.1, 0.15) is 24.2 Å². The second-order valence-corrected chi connectivity index (χ2v) is 3.54. The maximum absolute atomic E-state index is 11.4. The Labute approximate surface area is 93.0 Å². The van der Waals surface area contributed by atoms with Gasteiger partial charge < -0.3 is 15.3 Å². The van der Waals surface area contributed by atoms with Crippen molar-refractivity contribution in [3.63, 3.8) is 0 Å². The van der Waals surface area contributed by atoms with Gasteiger partial charge in [-0.2, -0.15) is 0 Å². The SMILES string of the molecule is CC(C)(O)C(=O)c1ccccc1.O=C(O)O. The fraction of sp³-hybridized carbons (Fsp3) is 0.273. The van der Waals surface area contributed by atoms with Crippen LogP contribution in [0.4, 0.5) is 4.79 Å². The zero-order valence-corrected chi connectivity index (χ0v) is 9.04. The molecule has 0 heterocycles. The smallest absolute Gasteiger partial charge is 0.450 e. The number of aliphatic hydroxyl groups is 1. The van der Waals surface area contributed by atoms with Gasteiger partial charge in [-0.3, -0.25) is 4.79 Å². The first kappa shape index (κ1) is 14.1. The van der Waals surface area contributed by atoms with Crippen molar-refractivity contribution >= 4 is 11.9 Å². The van der Waals surface area contributed by atoms with E-state index < -0.39 is 11.8 Å². The van der Waals surface area contributed by atoms with E-state index >= 15 is 0 Å². The molecule has 0 atom stereocenters. The molecule has 0 aliphatic carbocycles. The summed E-state index contributed by atoms with van der Waals surface area (Å²) < 4.78 is 0. The minimum atomic E-state index is -1.83. The van der Waals surface area contributed by atoms with Gasteiger partial charge in [0, 0.05) is 5.56 Å². The fourth-order valence-electron chi connectivity index (χ4n) is 0.943. The minimum absolute atomic E-state index is 0.247. The van der Waals surface area contributed by atoms with Crippen LogP contribution < -0.4 is 0 Å². The average molecular weight is 226 g/mol. The topological polar surface area (TPSA) is 94.8 Å². The normalized spacial score (nSPS) is 9.94. The number of benzene rings is 1. The lowest BCUT2D eigenvalue weighted by Crippen LogP contribution is -2.30. The van der Waals surface area contributed by atoms with Gasteiger partial charge in [-0.1, -0.05) is 30.3 Å². The van der Waals surface area contributed by atoms with Crippen molar-refractivity contribution in [2.45, 2.75) is 19.4 Å². The van der Waals surface area contributed by atoms with Crippen LogP contribution >= 0.6 is 0 Å². The van der Waals surface area contributed by atoms with E-state index in [9.17, 15) is 9.90 Å². The van der Waals surface area contributed by atoms with E-state index in [2.05, 4.69) is 0 Å². The van der Waals surface area contributed by atoms with E-state index in [1.807, 2.05) is 6.07 Å². The molecule has 5 nitrogen and oxygen atoms in total. The van der Waals surface area contributed by atoms with E-state index in [0.717, 1.165) is 0 Å². The summed E-state index contributed by atoms with van der Waals surface area (Å²) in [7, 11) is 0. The van der Waals surface area contributed by atoms with Gasteiger partial charge in [-0.25, -0.2) is 4.79 Å². The van der Waals surface area contributed by atoms with E-state index in [1.54, 1.807) is 24.3 Å². The predicted molar refractivity (Wildman–Crippen MR) is 57.7 cm³/mol. The van der Waals surface area contributed by atoms with Crippen LogP contribution in [-0.2, 0) is 0 Å². The largest absolute Gasteiger partial charge is 0.503 e. The molecule has 0 saturated carbocycles. The van der Waals surface area contributed by atoms with Gasteiger partial charge >= 0.3 is 6.16 Å². The van der Waals surface area contributed by atoms with Gasteiger partial charge in [0.1, 0.15) is 5.60 Å². The van der Waals surface area contributed by atoms with Gasteiger partial charge in [-0.15, -0.1) is 0 Å². The number of carbonyl (C=O) groups excluding carboxylic acids is 1. The Morgan fingerprint density at radius 3 is 1.75 bits per heavy atom. The lowest BCUT2D eigenvalue weighted by atomic mass is 9.97. The Balaban J connectivity index is 0.000000487. The lowest BCUT2D eigenvalue weighted by molar-refractivity contribution is 0.0488. The van der Waals surface area contributed by atoms with Gasteiger partial charge in [-0.05, 0) is 13.8 Å². The summed E-state index contributed by atoms with van der Waals surface area (Å²) in [5, 5.41) is 23.3. The summed E-state index contributed by atoms with van der Waals surface area (Å²) in [4.78, 5) is 20.0. The van der Waals surface area contributed by atoms with Gasteiger partial charge in [0.25, 0.3) is 0 Å². The molecular formula is C11H14O5. The Morgan fingerprint density at radius 2 is 1.44 bits per heavy atom. The highest BCUT2D eigenvalue weighted by atomic mass is 16.6. The van der Waals surface area contributed by atoms with Crippen molar-refractivity contribution in [2.75, 3.05) is 0 Å². The Bertz CT molecular complexity index is 346. The second-order valence-electron chi connectivity index (χ2n) is 3.54. The lowest BCUT2D eigenvalue weighted by Gasteiger charge is -2.14. The van der Waals surface area contributed by atoms with Crippen LogP contribution in [0.15, 0.2) is 30.3 Å². The van der Waals surface area contributed by atoms with E-state index in [1.165, 1.54) is 13.8 Å². The molecule has 0 fully saturated rings. The van der Waals surface area contributed by atoms with Crippen LogP contribution in [0.2, 0.25) is 0 Å². The molecule has 0 aromatic heterocycles. The second kappa shape index (κ2) is 5.87. The summed E-state index contributed by atoms with van der Waals surface area (Å²) in [6.45, 7) is 2.98. The van der Waals surface area contributed by atoms with Crippen LogP contribution in [0.3, 0.4) is 0 Å². The summed E-state index contributed by atoms with van der Waals surface area (Å²) in [6, 6.07) is 8.78. The molecule has 88 valence electrons. The number of hydrogen-bond donors (Lipinski definition) is 3. The molecule has 0 aliphatic heterocycles. The van der Waals surface area contributed by atoms with Crippen molar-refractivity contribution < 1.29 is 24.9 Å². The van der Waals surface area contributed by atoms with Crippen molar-refractivity contribution in [1.82, 2.24) is 0 Å². The minimum Gasteiger partial charge on any atom is -0.450 e. The summed E-state index contributed by atoms with van der Waals surface area (Å²) in [6.07, 6.45) is -1.83. The first-order chi connectivity index (χ1) is 7.25. The molecule has 0 bridgehead atoms. The Hall–Kier alpha value is -1.88. The highest BCUT2D eigenvalue weighted by Gasteiger charge is 2.24. The van der Waals surface area contributed by atoms with Crippen molar-refractivity contribution in [1.29, 1.82) is 0 Å². The van der Waals surface area contributed by atoms with Gasteiger partial charge in [0.15, 0.2) is 5.78 Å². The van der Waals surface area contributed by atoms with Crippen LogP contribution in [0.25, 0.3) is 0 Å². The molecule has 1 aromatic carbocycles. The fourth-order valence-corrected chi connectivity index (χ4v) is 0.943. The van der Waals surface area contributed by atoms with Crippen LogP contribution in [-0.4, -0.2) is 32.9 Å². The van der Waals surface area contributed by atoms with Crippen LogP contribution in [0.5, 0.6) is 0 Å². The molecule has 1 rings (SSSR count). The van der Waals surface area contributed by atoms with Gasteiger partial charge in [0.2, 0.25) is 0 Å². The Kier molecular flexibility index (Phi) is 5.18. The summed E-state index contributed by atoms with van der Waals surface area (Å²) in [5.74, 6) is -0.247. The molecule has 0 spiro atoms. The van der Waals surface area contributed by atoms with Gasteiger partial charge in [0.05, 0.1) is 0 Å². The average Bonchev–Trinajstić information content (AvgIpc) is 2.16. The highest BCUT2D eigenvalue weighted by Crippen LogP contribution is 2.11. The van der Waals surface area contributed by atoms with E-state index in [-0.39, 0.29) is 5.78 Å². The third kappa shape index (κ3) is 5.77. The maximum Gasteiger partial charge on any atom is 0.503 e. The molecule has 0 amide bonds. The number of carboxylic acid groups (broad SMARTS) is 2. The van der Waals surface area contributed by atoms with E-state index in [4.69, 9.17) is 15.0 Å². The standard InChI is InChI=1S/C10H12O2.CH2O3/c1-10(2,12)9(11)8-6-4-3-5-7-8;2-1(3)4/h3-7,12H,1-2H3;(H2,2,3,4). The predicted octanol–water partition coefficient (Wildman–Crippen LogP) is 1.86. The highest BCUT2D eigenvalue weighted by molar-refractivity contribution is 6.01. The number of ketones is 1. The first-order valence-electron chi connectivity index (χ1n) is 4.49. The molecule has 1 aromatic rings. The molecular weight excluding hydrogens is 212 g/mol. The van der Waals surface area contributed by atoms with Crippen molar-refractivity contribution in [3.8, 4) is 0 Å². The summed E-state index contributed by atoms with van der Waals surface area (Å²) >= 11 is 0. The number of rotatable bonds is 2. The first-order valence-corrected chi connectivity index (χ1v) is 4.49. The number of hydrogen-bond acceptors (Lipinski definition) is 3. The maximum atomic E-state index is 11.4. The summed E-state index contributed by atoms with van der Waals surface area (Å²) in [5.41, 5.74) is -0.730. The molecule has 0 saturated heterocycles. The van der Waals surface area contributed by atoms with E-state index in [0.29, 0.717) is 5.56 Å². The van der Waals surface area contributed by atoms with Crippen LogP contribution in [0, 0.1) is 0 Å². The third-order valence-electron chi connectivity index (χ3n) is 1.59. The van der Waals surface area contributed by atoms with Crippen molar-refractivity contribution in [3.05, 3.63) is 35.9 Å².